The molecule has 29 heavy (non-hydrogen) atoms. The number of rotatable bonds is 4. The standard InChI is InChI=1S/C24H23FO3S/c1-17-12-19(18-8-4-2-5-9-18)14-23(24(17)25)20-13-22(16-28-15-20)29(26,27)21-10-6-3-7-11-21/h2-12,14,20,22H,13,15-16H2,1H3. The molecule has 1 aliphatic heterocycles. The van der Waals surface area contributed by atoms with Crippen LogP contribution >= 0.6 is 0 Å². The Morgan fingerprint density at radius 2 is 1.55 bits per heavy atom. The fraction of sp³-hybridized carbons (Fsp3) is 0.250. The molecule has 1 fully saturated rings. The van der Waals surface area contributed by atoms with Crippen LogP contribution in [0.2, 0.25) is 0 Å². The molecule has 4 rings (SSSR count). The molecule has 0 N–H and O–H groups in total. The zero-order valence-corrected chi connectivity index (χ0v) is 17.0. The third-order valence-corrected chi connectivity index (χ3v) is 7.65. The summed E-state index contributed by atoms with van der Waals surface area (Å²) in [4.78, 5) is 0.281. The molecule has 0 aliphatic carbocycles. The Kier molecular flexibility index (Phi) is 5.52. The normalized spacial score (nSPS) is 19.8. The van der Waals surface area contributed by atoms with Crippen molar-refractivity contribution in [2.24, 2.45) is 0 Å². The van der Waals surface area contributed by atoms with Crippen molar-refractivity contribution in [1.29, 1.82) is 0 Å². The molecular formula is C24H23FO3S. The molecule has 0 radical (unpaired) electrons. The van der Waals surface area contributed by atoms with E-state index in [9.17, 15) is 8.42 Å². The van der Waals surface area contributed by atoms with Gasteiger partial charge in [-0.3, -0.25) is 0 Å². The van der Waals surface area contributed by atoms with E-state index in [1.807, 2.05) is 42.5 Å². The number of aryl methyl sites for hydroxylation is 1. The first-order valence-corrected chi connectivity index (χ1v) is 11.2. The summed E-state index contributed by atoms with van der Waals surface area (Å²) in [5.41, 5.74) is 3.00. The fourth-order valence-electron chi connectivity index (χ4n) is 3.92. The molecule has 0 spiro atoms. The summed E-state index contributed by atoms with van der Waals surface area (Å²) in [5.74, 6) is -0.592. The van der Waals surface area contributed by atoms with E-state index in [-0.39, 0.29) is 23.2 Å². The second-order valence-electron chi connectivity index (χ2n) is 7.51. The third kappa shape index (κ3) is 3.98. The van der Waals surface area contributed by atoms with Crippen molar-refractivity contribution in [2.75, 3.05) is 13.2 Å². The van der Waals surface area contributed by atoms with E-state index in [0.29, 0.717) is 24.2 Å². The van der Waals surface area contributed by atoms with Gasteiger partial charge in [0.15, 0.2) is 9.84 Å². The van der Waals surface area contributed by atoms with Crippen LogP contribution in [-0.4, -0.2) is 26.9 Å². The van der Waals surface area contributed by atoms with E-state index in [4.69, 9.17) is 4.74 Å². The molecule has 2 unspecified atom stereocenters. The lowest BCUT2D eigenvalue weighted by atomic mass is 9.89. The molecule has 3 aromatic carbocycles. The number of ether oxygens (including phenoxy) is 1. The lowest BCUT2D eigenvalue weighted by Gasteiger charge is -2.30. The average Bonchev–Trinajstić information content (AvgIpc) is 2.77. The maximum absolute atomic E-state index is 15.0. The van der Waals surface area contributed by atoms with Crippen LogP contribution < -0.4 is 0 Å². The summed E-state index contributed by atoms with van der Waals surface area (Å²) < 4.78 is 46.7. The predicted molar refractivity (Wildman–Crippen MR) is 112 cm³/mol. The van der Waals surface area contributed by atoms with Crippen molar-refractivity contribution < 1.29 is 17.5 Å². The molecule has 1 aliphatic rings. The SMILES string of the molecule is Cc1cc(-c2ccccc2)cc(C2COCC(S(=O)(=O)c3ccccc3)C2)c1F. The minimum Gasteiger partial charge on any atom is -0.379 e. The number of sulfone groups is 1. The van der Waals surface area contributed by atoms with Gasteiger partial charge in [0.05, 0.1) is 23.4 Å². The van der Waals surface area contributed by atoms with Crippen LogP contribution in [0.5, 0.6) is 0 Å². The van der Waals surface area contributed by atoms with Gasteiger partial charge in [-0.2, -0.15) is 0 Å². The predicted octanol–water partition coefficient (Wildman–Crippen LogP) is 5.15. The van der Waals surface area contributed by atoms with Gasteiger partial charge in [0, 0.05) is 5.92 Å². The highest BCUT2D eigenvalue weighted by Gasteiger charge is 2.35. The molecule has 3 nitrogen and oxygen atoms in total. The summed E-state index contributed by atoms with van der Waals surface area (Å²) in [6.07, 6.45) is 0.339. The van der Waals surface area contributed by atoms with E-state index in [1.165, 1.54) is 0 Å². The van der Waals surface area contributed by atoms with Crippen LogP contribution in [-0.2, 0) is 14.6 Å². The minimum absolute atomic E-state index is 0.132. The Labute approximate surface area is 171 Å². The van der Waals surface area contributed by atoms with Crippen molar-refractivity contribution in [3.05, 3.63) is 89.7 Å². The monoisotopic (exact) mass is 410 g/mol. The summed E-state index contributed by atoms with van der Waals surface area (Å²) in [7, 11) is -3.54. The van der Waals surface area contributed by atoms with Gasteiger partial charge in [0.1, 0.15) is 5.82 Å². The molecule has 1 heterocycles. The van der Waals surface area contributed by atoms with Gasteiger partial charge < -0.3 is 4.74 Å². The van der Waals surface area contributed by atoms with Crippen LogP contribution in [0.1, 0.15) is 23.5 Å². The molecule has 150 valence electrons. The molecule has 0 bridgehead atoms. The van der Waals surface area contributed by atoms with Crippen molar-refractivity contribution in [3.63, 3.8) is 0 Å². The van der Waals surface area contributed by atoms with Crippen LogP contribution in [0.25, 0.3) is 11.1 Å². The third-order valence-electron chi connectivity index (χ3n) is 5.51. The molecule has 1 saturated heterocycles. The number of benzene rings is 3. The first-order chi connectivity index (χ1) is 14.0. The molecule has 0 aromatic heterocycles. The van der Waals surface area contributed by atoms with Crippen LogP contribution in [0.3, 0.4) is 0 Å². The summed E-state index contributed by atoms with van der Waals surface area (Å²) in [6, 6.07) is 21.9. The highest BCUT2D eigenvalue weighted by Crippen LogP contribution is 2.35. The zero-order valence-electron chi connectivity index (χ0n) is 16.2. The van der Waals surface area contributed by atoms with Crippen molar-refractivity contribution in [2.45, 2.75) is 29.4 Å². The van der Waals surface area contributed by atoms with Gasteiger partial charge in [-0.05, 0) is 59.9 Å². The summed E-state index contributed by atoms with van der Waals surface area (Å²) in [6.45, 7) is 2.19. The second kappa shape index (κ2) is 8.09. The molecule has 3 aromatic rings. The second-order valence-corrected chi connectivity index (χ2v) is 9.74. The molecule has 2 atom stereocenters. The fourth-order valence-corrected chi connectivity index (χ4v) is 5.60. The van der Waals surface area contributed by atoms with E-state index in [2.05, 4.69) is 0 Å². The first-order valence-electron chi connectivity index (χ1n) is 9.69. The summed E-state index contributed by atoms with van der Waals surface area (Å²) in [5, 5.41) is -0.691. The number of hydrogen-bond acceptors (Lipinski definition) is 3. The largest absolute Gasteiger partial charge is 0.379 e. The van der Waals surface area contributed by atoms with Gasteiger partial charge in [-0.15, -0.1) is 0 Å². The van der Waals surface area contributed by atoms with E-state index in [0.717, 1.165) is 11.1 Å². The molecule has 0 amide bonds. The lowest BCUT2D eigenvalue weighted by Crippen LogP contribution is -2.35. The highest BCUT2D eigenvalue weighted by atomic mass is 32.2. The van der Waals surface area contributed by atoms with Crippen LogP contribution in [0.15, 0.2) is 77.7 Å². The van der Waals surface area contributed by atoms with Gasteiger partial charge in [-0.1, -0.05) is 48.5 Å². The molecular weight excluding hydrogens is 387 g/mol. The van der Waals surface area contributed by atoms with Gasteiger partial charge in [-0.25, -0.2) is 12.8 Å². The maximum atomic E-state index is 15.0. The van der Waals surface area contributed by atoms with Gasteiger partial charge in [0.2, 0.25) is 0 Å². The van der Waals surface area contributed by atoms with Gasteiger partial charge >= 0.3 is 0 Å². The average molecular weight is 411 g/mol. The quantitative estimate of drug-likeness (QED) is 0.598. The van der Waals surface area contributed by atoms with E-state index < -0.39 is 15.1 Å². The Hall–Kier alpha value is -2.50. The van der Waals surface area contributed by atoms with Crippen LogP contribution in [0, 0.1) is 12.7 Å². The van der Waals surface area contributed by atoms with Crippen molar-refractivity contribution in [3.8, 4) is 11.1 Å². The Bertz CT molecular complexity index is 1100. The zero-order chi connectivity index (χ0) is 20.4. The molecule has 5 heteroatoms. The summed E-state index contributed by atoms with van der Waals surface area (Å²) >= 11 is 0. The Morgan fingerprint density at radius 1 is 0.897 bits per heavy atom. The van der Waals surface area contributed by atoms with Crippen molar-refractivity contribution in [1.82, 2.24) is 0 Å². The minimum atomic E-state index is -3.54. The maximum Gasteiger partial charge on any atom is 0.183 e. The smallest absolute Gasteiger partial charge is 0.183 e. The molecule has 0 saturated carbocycles. The van der Waals surface area contributed by atoms with E-state index >= 15 is 4.39 Å². The van der Waals surface area contributed by atoms with E-state index in [1.54, 1.807) is 37.3 Å². The topological polar surface area (TPSA) is 43.4 Å². The lowest BCUT2D eigenvalue weighted by molar-refractivity contribution is 0.0817. The Balaban J connectivity index is 1.68. The van der Waals surface area contributed by atoms with Gasteiger partial charge in [0.25, 0.3) is 0 Å². The van der Waals surface area contributed by atoms with Crippen molar-refractivity contribution >= 4 is 9.84 Å². The highest BCUT2D eigenvalue weighted by molar-refractivity contribution is 7.92. The number of halogens is 1. The van der Waals surface area contributed by atoms with Crippen LogP contribution in [0.4, 0.5) is 4.39 Å². The Morgan fingerprint density at radius 3 is 2.24 bits per heavy atom. The first kappa shape index (κ1) is 19.8. The number of hydrogen-bond donors (Lipinski definition) is 0.